The molecule has 86 heavy (non-hydrogen) atoms. The van der Waals surface area contributed by atoms with Gasteiger partial charge in [-0.1, -0.05) is 294 Å². The van der Waals surface area contributed by atoms with Crippen LogP contribution in [0.15, 0.2) is 48.6 Å². The van der Waals surface area contributed by atoms with Gasteiger partial charge in [0.2, 0.25) is 5.91 Å². The predicted molar refractivity (Wildman–Crippen MR) is 351 cm³/mol. The SMILES string of the molecule is CCCCC/C=C\C/C=C\C/C=C\CCCCCCCCC(=O)NC(COC1OC(CO)C(OC2OC(CO)C(O)C(O)C2O)C(O)C1O)C(O)/C=C/CCCCCCCCCCCCCCCCCCCCCCCCCCCCCCCCC. The van der Waals surface area contributed by atoms with Crippen LogP contribution in [0.25, 0.3) is 0 Å². The number of amides is 1. The van der Waals surface area contributed by atoms with Crippen LogP contribution in [0, 0.1) is 0 Å². The number of allylic oxidation sites excluding steroid dienone is 7. The molecule has 9 N–H and O–H groups in total. The van der Waals surface area contributed by atoms with Crippen molar-refractivity contribution in [2.75, 3.05) is 19.8 Å². The summed E-state index contributed by atoms with van der Waals surface area (Å²) in [7, 11) is 0. The molecule has 0 aromatic carbocycles. The van der Waals surface area contributed by atoms with Gasteiger partial charge < -0.3 is 65.1 Å². The molecule has 12 unspecified atom stereocenters. The van der Waals surface area contributed by atoms with Gasteiger partial charge in [0.15, 0.2) is 12.6 Å². The first kappa shape index (κ1) is 80.0. The number of aliphatic hydroxyl groups is 8. The molecule has 0 aromatic heterocycles. The molecule has 2 heterocycles. The molecule has 0 spiro atoms. The Morgan fingerprint density at radius 1 is 0.419 bits per heavy atom. The molecular formula is C72H133NO13. The summed E-state index contributed by atoms with van der Waals surface area (Å²) in [5.41, 5.74) is 0. The second-order valence-electron chi connectivity index (χ2n) is 25.4. The molecule has 2 saturated heterocycles. The lowest BCUT2D eigenvalue weighted by Crippen LogP contribution is -2.65. The molecule has 0 radical (unpaired) electrons. The van der Waals surface area contributed by atoms with E-state index in [0.717, 1.165) is 70.6 Å². The fourth-order valence-corrected chi connectivity index (χ4v) is 11.8. The maximum atomic E-state index is 13.3. The number of rotatable bonds is 59. The summed E-state index contributed by atoms with van der Waals surface area (Å²) >= 11 is 0. The highest BCUT2D eigenvalue weighted by molar-refractivity contribution is 5.76. The van der Waals surface area contributed by atoms with E-state index >= 15 is 0 Å². The predicted octanol–water partition coefficient (Wildman–Crippen LogP) is 14.7. The number of hydrogen-bond donors (Lipinski definition) is 9. The Balaban J connectivity index is 1.65. The number of carbonyl (C=O) groups excluding carboxylic acids is 1. The third-order valence-electron chi connectivity index (χ3n) is 17.5. The maximum absolute atomic E-state index is 13.3. The first-order valence-corrected chi connectivity index (χ1v) is 35.9. The Hall–Kier alpha value is -2.05. The van der Waals surface area contributed by atoms with Gasteiger partial charge in [-0.3, -0.25) is 4.79 Å². The largest absolute Gasteiger partial charge is 0.394 e. The average Bonchev–Trinajstić information content (AvgIpc) is 2.46. The summed E-state index contributed by atoms with van der Waals surface area (Å²) in [4.78, 5) is 13.3. The molecule has 14 heteroatoms. The first-order valence-electron chi connectivity index (χ1n) is 35.9. The molecule has 2 aliphatic rings. The molecule has 2 fully saturated rings. The van der Waals surface area contributed by atoms with Crippen molar-refractivity contribution in [3.8, 4) is 0 Å². The molecular weight excluding hydrogens is 1090 g/mol. The van der Waals surface area contributed by atoms with Gasteiger partial charge in [0, 0.05) is 6.42 Å². The van der Waals surface area contributed by atoms with E-state index in [9.17, 15) is 45.6 Å². The van der Waals surface area contributed by atoms with E-state index in [1.165, 1.54) is 212 Å². The lowest BCUT2D eigenvalue weighted by molar-refractivity contribution is -0.359. The topological polar surface area (TPSA) is 228 Å². The van der Waals surface area contributed by atoms with Crippen molar-refractivity contribution >= 4 is 5.91 Å². The Bertz CT molecular complexity index is 1630. The summed E-state index contributed by atoms with van der Waals surface area (Å²) < 4.78 is 22.8. The normalized spacial score (nSPS) is 23.7. The molecule has 504 valence electrons. The highest BCUT2D eigenvalue weighted by atomic mass is 16.7. The molecule has 2 rings (SSSR count). The highest BCUT2D eigenvalue weighted by Crippen LogP contribution is 2.30. The Kier molecular flexibility index (Phi) is 53.0. The fourth-order valence-electron chi connectivity index (χ4n) is 11.8. The van der Waals surface area contributed by atoms with Gasteiger partial charge in [0.1, 0.15) is 48.8 Å². The van der Waals surface area contributed by atoms with Crippen LogP contribution in [0.3, 0.4) is 0 Å². The van der Waals surface area contributed by atoms with Crippen molar-refractivity contribution in [2.24, 2.45) is 0 Å². The van der Waals surface area contributed by atoms with Gasteiger partial charge in [-0.2, -0.15) is 0 Å². The van der Waals surface area contributed by atoms with Crippen LogP contribution >= 0.6 is 0 Å². The van der Waals surface area contributed by atoms with E-state index in [0.29, 0.717) is 6.42 Å². The molecule has 1 amide bonds. The zero-order chi connectivity index (χ0) is 62.3. The highest BCUT2D eigenvalue weighted by Gasteiger charge is 2.51. The number of hydrogen-bond acceptors (Lipinski definition) is 13. The number of unbranched alkanes of at least 4 members (excludes halogenated alkanes) is 40. The zero-order valence-electron chi connectivity index (χ0n) is 54.8. The summed E-state index contributed by atoms with van der Waals surface area (Å²) in [5.74, 6) is -0.249. The van der Waals surface area contributed by atoms with Gasteiger partial charge in [0.25, 0.3) is 0 Å². The lowest BCUT2D eigenvalue weighted by Gasteiger charge is -2.46. The lowest BCUT2D eigenvalue weighted by atomic mass is 9.97. The van der Waals surface area contributed by atoms with E-state index in [2.05, 4.69) is 55.6 Å². The fraction of sp³-hybridized carbons (Fsp3) is 0.875. The van der Waals surface area contributed by atoms with Gasteiger partial charge in [-0.15, -0.1) is 0 Å². The molecule has 2 aliphatic heterocycles. The average molecular weight is 1220 g/mol. The number of nitrogens with one attached hydrogen (secondary N) is 1. The van der Waals surface area contributed by atoms with Crippen molar-refractivity contribution in [3.63, 3.8) is 0 Å². The van der Waals surface area contributed by atoms with Crippen LogP contribution in [-0.4, -0.2) is 140 Å². The number of carbonyl (C=O) groups is 1. The second kappa shape index (κ2) is 56.9. The summed E-state index contributed by atoms with van der Waals surface area (Å²) in [6.07, 6.45) is 57.5. The summed E-state index contributed by atoms with van der Waals surface area (Å²) in [5, 5.41) is 87.4. The maximum Gasteiger partial charge on any atom is 0.220 e. The second-order valence-corrected chi connectivity index (χ2v) is 25.4. The molecule has 0 saturated carbocycles. The van der Waals surface area contributed by atoms with E-state index in [1.807, 2.05) is 6.08 Å². The van der Waals surface area contributed by atoms with Crippen LogP contribution in [0.5, 0.6) is 0 Å². The Morgan fingerprint density at radius 3 is 1.20 bits per heavy atom. The minimum Gasteiger partial charge on any atom is -0.394 e. The first-order chi connectivity index (χ1) is 42.1. The quantitative estimate of drug-likeness (QED) is 0.0204. The number of aliphatic hydroxyl groups excluding tert-OH is 8. The molecule has 12 atom stereocenters. The van der Waals surface area contributed by atoms with Crippen molar-refractivity contribution < 1.29 is 64.6 Å². The minimum atomic E-state index is -1.79. The number of ether oxygens (including phenoxy) is 4. The van der Waals surface area contributed by atoms with Crippen molar-refractivity contribution in [1.29, 1.82) is 0 Å². The van der Waals surface area contributed by atoms with Gasteiger partial charge >= 0.3 is 0 Å². The smallest absolute Gasteiger partial charge is 0.220 e. The van der Waals surface area contributed by atoms with Crippen LogP contribution in [-0.2, 0) is 23.7 Å². The van der Waals surface area contributed by atoms with Gasteiger partial charge in [-0.05, 0) is 57.8 Å². The molecule has 0 aromatic rings. The molecule has 0 aliphatic carbocycles. The van der Waals surface area contributed by atoms with Crippen molar-refractivity contribution in [3.05, 3.63) is 48.6 Å². The molecule has 0 bridgehead atoms. The van der Waals surface area contributed by atoms with Crippen LogP contribution < -0.4 is 5.32 Å². The minimum absolute atomic E-state index is 0.249. The zero-order valence-corrected chi connectivity index (χ0v) is 54.8. The third-order valence-corrected chi connectivity index (χ3v) is 17.5. The van der Waals surface area contributed by atoms with Crippen LogP contribution in [0.2, 0.25) is 0 Å². The van der Waals surface area contributed by atoms with Gasteiger partial charge in [0.05, 0.1) is 32.0 Å². The molecule has 14 nitrogen and oxygen atoms in total. The van der Waals surface area contributed by atoms with E-state index in [-0.39, 0.29) is 18.9 Å². The van der Waals surface area contributed by atoms with Gasteiger partial charge in [-0.25, -0.2) is 0 Å². The van der Waals surface area contributed by atoms with Crippen LogP contribution in [0.1, 0.15) is 309 Å². The van der Waals surface area contributed by atoms with E-state index < -0.39 is 86.8 Å². The standard InChI is InChI=1S/C72H133NO13/c1-3-5-7-9-11-13-15-17-19-21-23-24-25-26-27-28-29-30-31-32-33-34-35-36-38-39-41-43-45-47-49-51-53-55-61(76)60(73-64(77)56-54-52-50-48-46-44-42-40-37-22-20-18-16-14-12-10-8-6-4-2)59-83-71-69(82)67(80)70(63(58-75)85-71)86-72-68(81)66(79)65(78)62(57-74)84-72/h12,14,18,20,37,40,53,55,60-63,65-72,74-76,78-82H,3-11,13,15-17,19,21-36,38-39,41-52,54,56-59H2,1-2H3,(H,73,77)/b14-12-,20-18-,40-37-,55-53+. The van der Waals surface area contributed by atoms with Crippen LogP contribution in [0.4, 0.5) is 0 Å². The van der Waals surface area contributed by atoms with E-state index in [1.54, 1.807) is 6.08 Å². The Morgan fingerprint density at radius 2 is 0.767 bits per heavy atom. The van der Waals surface area contributed by atoms with E-state index in [4.69, 9.17) is 18.9 Å². The Labute approximate surface area is 524 Å². The van der Waals surface area contributed by atoms with Crippen molar-refractivity contribution in [2.45, 2.75) is 383 Å². The summed E-state index contributed by atoms with van der Waals surface area (Å²) in [6.45, 7) is 2.80. The monoisotopic (exact) mass is 1220 g/mol. The van der Waals surface area contributed by atoms with Crippen molar-refractivity contribution in [1.82, 2.24) is 5.32 Å². The summed E-state index contributed by atoms with van der Waals surface area (Å²) in [6, 6.07) is -0.925. The third kappa shape index (κ3) is 40.6.